The second-order valence-corrected chi connectivity index (χ2v) is 3.20. The Bertz CT molecular complexity index is 494. The predicted octanol–water partition coefficient (Wildman–Crippen LogP) is 1.88. The van der Waals surface area contributed by atoms with Gasteiger partial charge in [-0.1, -0.05) is 6.07 Å². The maximum Gasteiger partial charge on any atom is 0.135 e. The number of rotatable bonds is 2. The van der Waals surface area contributed by atoms with Crippen molar-refractivity contribution in [2.75, 3.05) is 0 Å². The molecule has 0 saturated carbocycles. The Morgan fingerprint density at radius 2 is 1.81 bits per heavy atom. The SMILES string of the molecule is NCc1cc(-c2c(F)cccc2F)ncn1. The quantitative estimate of drug-likeness (QED) is 0.842. The van der Waals surface area contributed by atoms with E-state index < -0.39 is 11.6 Å². The Kier molecular flexibility index (Phi) is 2.87. The molecule has 0 fully saturated rings. The van der Waals surface area contributed by atoms with Crippen molar-refractivity contribution in [2.45, 2.75) is 6.54 Å². The Hall–Kier alpha value is -1.88. The van der Waals surface area contributed by atoms with Crippen molar-refractivity contribution in [1.82, 2.24) is 9.97 Å². The Labute approximate surface area is 91.0 Å². The first-order valence-electron chi connectivity index (χ1n) is 4.67. The molecular formula is C11H9F2N3. The van der Waals surface area contributed by atoms with Gasteiger partial charge in [-0.2, -0.15) is 0 Å². The van der Waals surface area contributed by atoms with Crippen LogP contribution in [0.4, 0.5) is 8.78 Å². The molecule has 2 aromatic rings. The number of nitrogens with two attached hydrogens (primary N) is 1. The third kappa shape index (κ3) is 1.90. The molecule has 1 heterocycles. The maximum atomic E-state index is 13.4. The summed E-state index contributed by atoms with van der Waals surface area (Å²) >= 11 is 0. The van der Waals surface area contributed by atoms with Gasteiger partial charge in [0.1, 0.15) is 18.0 Å². The van der Waals surface area contributed by atoms with Gasteiger partial charge in [-0.15, -0.1) is 0 Å². The molecule has 82 valence electrons. The predicted molar refractivity (Wildman–Crippen MR) is 55.3 cm³/mol. The highest BCUT2D eigenvalue weighted by molar-refractivity contribution is 5.60. The fraction of sp³-hybridized carbons (Fsp3) is 0.0909. The minimum Gasteiger partial charge on any atom is -0.325 e. The van der Waals surface area contributed by atoms with Gasteiger partial charge in [-0.3, -0.25) is 0 Å². The van der Waals surface area contributed by atoms with Crippen molar-refractivity contribution < 1.29 is 8.78 Å². The molecule has 2 rings (SSSR count). The molecule has 0 atom stereocenters. The van der Waals surface area contributed by atoms with Crippen LogP contribution in [0.15, 0.2) is 30.6 Å². The van der Waals surface area contributed by atoms with E-state index in [1.807, 2.05) is 0 Å². The summed E-state index contributed by atoms with van der Waals surface area (Å²) in [6.07, 6.45) is 1.24. The number of hydrogen-bond donors (Lipinski definition) is 1. The second kappa shape index (κ2) is 4.32. The van der Waals surface area contributed by atoms with Gasteiger partial charge in [0, 0.05) is 6.54 Å². The van der Waals surface area contributed by atoms with Crippen molar-refractivity contribution >= 4 is 0 Å². The average molecular weight is 221 g/mol. The third-order valence-electron chi connectivity index (χ3n) is 2.15. The van der Waals surface area contributed by atoms with Gasteiger partial charge in [-0.05, 0) is 18.2 Å². The number of halogens is 2. The molecule has 0 bridgehead atoms. The van der Waals surface area contributed by atoms with E-state index in [2.05, 4.69) is 9.97 Å². The second-order valence-electron chi connectivity index (χ2n) is 3.20. The van der Waals surface area contributed by atoms with Gasteiger partial charge in [0.15, 0.2) is 0 Å². The molecule has 0 aliphatic heterocycles. The summed E-state index contributed by atoms with van der Waals surface area (Å²) in [5.74, 6) is -1.30. The van der Waals surface area contributed by atoms with Crippen LogP contribution in [-0.2, 0) is 6.54 Å². The lowest BCUT2D eigenvalue weighted by Crippen LogP contribution is -2.01. The van der Waals surface area contributed by atoms with Crippen molar-refractivity contribution in [1.29, 1.82) is 0 Å². The fourth-order valence-electron chi connectivity index (χ4n) is 1.39. The molecule has 1 aromatic carbocycles. The van der Waals surface area contributed by atoms with E-state index in [4.69, 9.17) is 5.73 Å². The van der Waals surface area contributed by atoms with Crippen LogP contribution < -0.4 is 5.73 Å². The smallest absolute Gasteiger partial charge is 0.135 e. The Balaban J connectivity index is 2.58. The molecule has 0 saturated heterocycles. The number of benzene rings is 1. The zero-order valence-corrected chi connectivity index (χ0v) is 8.32. The zero-order chi connectivity index (χ0) is 11.5. The van der Waals surface area contributed by atoms with Gasteiger partial charge in [-0.25, -0.2) is 18.7 Å². The molecular weight excluding hydrogens is 212 g/mol. The summed E-state index contributed by atoms with van der Waals surface area (Å²) in [6, 6.07) is 5.14. The summed E-state index contributed by atoms with van der Waals surface area (Å²) < 4.78 is 26.9. The molecule has 0 aliphatic rings. The molecule has 3 nitrogen and oxygen atoms in total. The lowest BCUT2D eigenvalue weighted by molar-refractivity contribution is 0.588. The van der Waals surface area contributed by atoms with E-state index in [-0.39, 0.29) is 17.8 Å². The van der Waals surface area contributed by atoms with Gasteiger partial charge in [0.05, 0.1) is 17.0 Å². The monoisotopic (exact) mass is 221 g/mol. The van der Waals surface area contributed by atoms with E-state index in [0.29, 0.717) is 5.69 Å². The van der Waals surface area contributed by atoms with Gasteiger partial charge >= 0.3 is 0 Å². The summed E-state index contributed by atoms with van der Waals surface area (Å²) in [5, 5.41) is 0. The highest BCUT2D eigenvalue weighted by Crippen LogP contribution is 2.23. The topological polar surface area (TPSA) is 51.8 Å². The van der Waals surface area contributed by atoms with E-state index >= 15 is 0 Å². The van der Waals surface area contributed by atoms with Crippen molar-refractivity contribution in [3.8, 4) is 11.3 Å². The molecule has 0 spiro atoms. The molecule has 5 heteroatoms. The molecule has 1 aromatic heterocycles. The summed E-state index contributed by atoms with van der Waals surface area (Å²) in [6.45, 7) is 0.200. The van der Waals surface area contributed by atoms with Crippen LogP contribution in [-0.4, -0.2) is 9.97 Å². The fourth-order valence-corrected chi connectivity index (χ4v) is 1.39. The summed E-state index contributed by atoms with van der Waals surface area (Å²) in [5.41, 5.74) is 5.98. The van der Waals surface area contributed by atoms with Crippen LogP contribution in [0, 0.1) is 11.6 Å². The van der Waals surface area contributed by atoms with Gasteiger partial charge < -0.3 is 5.73 Å². The first kappa shape index (κ1) is 10.6. The van der Waals surface area contributed by atoms with Crippen LogP contribution in [0.3, 0.4) is 0 Å². The van der Waals surface area contributed by atoms with Crippen LogP contribution in [0.25, 0.3) is 11.3 Å². The van der Waals surface area contributed by atoms with Gasteiger partial charge in [0.2, 0.25) is 0 Å². The van der Waals surface area contributed by atoms with E-state index in [9.17, 15) is 8.78 Å². The molecule has 0 aliphatic carbocycles. The van der Waals surface area contributed by atoms with Crippen LogP contribution >= 0.6 is 0 Å². The highest BCUT2D eigenvalue weighted by Gasteiger charge is 2.12. The lowest BCUT2D eigenvalue weighted by Gasteiger charge is -2.04. The van der Waals surface area contributed by atoms with Crippen molar-refractivity contribution in [3.63, 3.8) is 0 Å². The zero-order valence-electron chi connectivity index (χ0n) is 8.32. The molecule has 0 unspecified atom stereocenters. The van der Waals surface area contributed by atoms with Crippen LogP contribution in [0.1, 0.15) is 5.69 Å². The lowest BCUT2D eigenvalue weighted by atomic mass is 10.1. The standard InChI is InChI=1S/C11H9F2N3/c12-8-2-1-3-9(13)11(8)10-4-7(5-14)15-6-16-10/h1-4,6H,5,14H2. The minimum absolute atomic E-state index is 0.153. The third-order valence-corrected chi connectivity index (χ3v) is 2.15. The van der Waals surface area contributed by atoms with Gasteiger partial charge in [0.25, 0.3) is 0 Å². The molecule has 0 amide bonds. The highest BCUT2D eigenvalue weighted by atomic mass is 19.1. The first-order chi connectivity index (χ1) is 7.72. The Morgan fingerprint density at radius 3 is 2.44 bits per heavy atom. The average Bonchev–Trinajstić information content (AvgIpc) is 2.29. The van der Waals surface area contributed by atoms with E-state index in [0.717, 1.165) is 0 Å². The normalized spacial score (nSPS) is 10.4. The maximum absolute atomic E-state index is 13.4. The van der Waals surface area contributed by atoms with Crippen LogP contribution in [0.2, 0.25) is 0 Å². The van der Waals surface area contributed by atoms with E-state index in [1.54, 1.807) is 0 Å². The molecule has 16 heavy (non-hydrogen) atoms. The minimum atomic E-state index is -0.651. The summed E-state index contributed by atoms with van der Waals surface area (Å²) in [7, 11) is 0. The first-order valence-corrected chi connectivity index (χ1v) is 4.67. The largest absolute Gasteiger partial charge is 0.325 e. The van der Waals surface area contributed by atoms with Crippen molar-refractivity contribution in [2.24, 2.45) is 5.73 Å². The van der Waals surface area contributed by atoms with E-state index in [1.165, 1.54) is 30.6 Å². The van der Waals surface area contributed by atoms with Crippen molar-refractivity contribution in [3.05, 3.63) is 47.9 Å². The molecule has 2 N–H and O–H groups in total. The summed E-state index contributed by atoms with van der Waals surface area (Å²) in [4.78, 5) is 7.69. The Morgan fingerprint density at radius 1 is 1.12 bits per heavy atom. The number of nitrogens with zero attached hydrogens (tertiary/aromatic N) is 2. The van der Waals surface area contributed by atoms with Crippen LogP contribution in [0.5, 0.6) is 0 Å². The number of aromatic nitrogens is 2. The molecule has 0 radical (unpaired) electrons. The number of hydrogen-bond acceptors (Lipinski definition) is 3.